The maximum Gasteiger partial charge on any atom is 0.0661 e. The fourth-order valence-corrected chi connectivity index (χ4v) is 7.32. The highest BCUT2D eigenvalue weighted by Crippen LogP contribution is 2.48. The average Bonchev–Trinajstić information content (AvgIpc) is 3.50. The van der Waals surface area contributed by atoms with E-state index >= 15 is 0 Å². The summed E-state index contributed by atoms with van der Waals surface area (Å²) in [6, 6.07) is 65.0. The Labute approximate surface area is 267 Å². The molecule has 214 valence electrons. The minimum absolute atomic E-state index is 1.11. The molecule has 45 heavy (non-hydrogen) atoms. The van der Waals surface area contributed by atoms with E-state index in [1.54, 1.807) is 0 Å². The number of hydrogen-bond donors (Lipinski definition) is 0. The van der Waals surface area contributed by atoms with Crippen LogP contribution in [0.5, 0.6) is 0 Å². The highest BCUT2D eigenvalue weighted by atomic mass is 32.1. The van der Waals surface area contributed by atoms with E-state index in [2.05, 4.69) is 192 Å². The van der Waals surface area contributed by atoms with Gasteiger partial charge in [-0.25, -0.2) is 0 Å². The van der Waals surface area contributed by atoms with Crippen molar-refractivity contribution in [3.63, 3.8) is 0 Å². The van der Waals surface area contributed by atoms with Crippen LogP contribution in [0.3, 0.4) is 0 Å². The smallest absolute Gasteiger partial charge is 0.0661 e. The van der Waals surface area contributed by atoms with Crippen LogP contribution in [0.2, 0.25) is 0 Å². The van der Waals surface area contributed by atoms with Crippen molar-refractivity contribution in [3.8, 4) is 11.1 Å². The Morgan fingerprint density at radius 3 is 1.40 bits per heavy atom. The molecular formula is C42H30N2S. The van der Waals surface area contributed by atoms with Crippen LogP contribution < -0.4 is 9.80 Å². The van der Waals surface area contributed by atoms with Crippen LogP contribution in [-0.4, -0.2) is 0 Å². The molecule has 1 heterocycles. The zero-order chi connectivity index (χ0) is 30.0. The highest BCUT2D eigenvalue weighted by Gasteiger charge is 2.22. The average molecular weight is 595 g/mol. The largest absolute Gasteiger partial charge is 0.310 e. The van der Waals surface area contributed by atoms with Crippen molar-refractivity contribution in [2.45, 2.75) is 0 Å². The Kier molecular flexibility index (Phi) is 7.07. The molecule has 0 unspecified atom stereocenters. The van der Waals surface area contributed by atoms with Gasteiger partial charge in [-0.05, 0) is 77.9 Å². The Morgan fingerprint density at radius 1 is 0.333 bits per heavy atom. The SMILES string of the molecule is c1ccc(-c2ccc(N(c3ccccc3)c3cc(N(c4ccccc4)c4ccccc4)cc4c3sc3ccccc34)cc2)cc1. The third kappa shape index (κ3) is 5.14. The maximum absolute atomic E-state index is 2.41. The number of fused-ring (bicyclic) bond motifs is 3. The highest BCUT2D eigenvalue weighted by molar-refractivity contribution is 7.26. The molecular weight excluding hydrogens is 565 g/mol. The predicted octanol–water partition coefficient (Wildman–Crippen LogP) is 12.7. The number of rotatable bonds is 7. The van der Waals surface area contributed by atoms with E-state index in [-0.39, 0.29) is 0 Å². The van der Waals surface area contributed by atoms with E-state index in [1.807, 2.05) is 11.3 Å². The first kappa shape index (κ1) is 26.9. The molecule has 0 radical (unpaired) electrons. The van der Waals surface area contributed by atoms with Crippen molar-refractivity contribution in [1.29, 1.82) is 0 Å². The summed E-state index contributed by atoms with van der Waals surface area (Å²) in [4.78, 5) is 4.77. The first-order chi connectivity index (χ1) is 22.3. The van der Waals surface area contributed by atoms with Crippen molar-refractivity contribution in [2.75, 3.05) is 9.80 Å². The van der Waals surface area contributed by atoms with Crippen molar-refractivity contribution < 1.29 is 0 Å². The minimum Gasteiger partial charge on any atom is -0.310 e. The second-order valence-corrected chi connectivity index (χ2v) is 12.1. The topological polar surface area (TPSA) is 6.48 Å². The Morgan fingerprint density at radius 2 is 0.800 bits per heavy atom. The van der Waals surface area contributed by atoms with Crippen LogP contribution in [0, 0.1) is 0 Å². The van der Waals surface area contributed by atoms with Gasteiger partial charge in [0.2, 0.25) is 0 Å². The lowest BCUT2D eigenvalue weighted by molar-refractivity contribution is 1.26. The lowest BCUT2D eigenvalue weighted by atomic mass is 10.0. The molecule has 0 bridgehead atoms. The Hall–Kier alpha value is -5.64. The summed E-state index contributed by atoms with van der Waals surface area (Å²) < 4.78 is 2.54. The van der Waals surface area contributed by atoms with Gasteiger partial charge in [0, 0.05) is 43.9 Å². The molecule has 0 amide bonds. The summed E-state index contributed by atoms with van der Waals surface area (Å²) in [7, 11) is 0. The van der Waals surface area contributed by atoms with Crippen LogP contribution >= 0.6 is 11.3 Å². The number of hydrogen-bond acceptors (Lipinski definition) is 3. The zero-order valence-corrected chi connectivity index (χ0v) is 25.4. The quantitative estimate of drug-likeness (QED) is 0.181. The standard InChI is InChI=1S/C42H30N2S/c1-5-15-31(16-6-1)32-25-27-36(28-26-32)44(35-21-11-4-12-22-35)40-30-37(29-39-38-23-13-14-24-41(38)45-42(39)40)43(33-17-7-2-8-18-33)34-19-9-3-10-20-34/h1-30H. The van der Waals surface area contributed by atoms with Crippen LogP contribution in [0.25, 0.3) is 31.3 Å². The lowest BCUT2D eigenvalue weighted by Crippen LogP contribution is -2.13. The summed E-state index contributed by atoms with van der Waals surface area (Å²) in [6.45, 7) is 0. The fourth-order valence-electron chi connectivity index (χ4n) is 6.13. The molecule has 3 heteroatoms. The van der Waals surface area contributed by atoms with Gasteiger partial charge < -0.3 is 9.80 Å². The van der Waals surface area contributed by atoms with Gasteiger partial charge in [0.15, 0.2) is 0 Å². The van der Waals surface area contributed by atoms with Gasteiger partial charge in [-0.15, -0.1) is 11.3 Å². The van der Waals surface area contributed by atoms with Gasteiger partial charge in [0.25, 0.3) is 0 Å². The molecule has 0 aliphatic carbocycles. The molecule has 8 rings (SSSR count). The van der Waals surface area contributed by atoms with Crippen LogP contribution in [-0.2, 0) is 0 Å². The van der Waals surface area contributed by atoms with Crippen LogP contribution in [0.15, 0.2) is 182 Å². The molecule has 8 aromatic rings. The Balaban J connectivity index is 1.40. The molecule has 2 nitrogen and oxygen atoms in total. The van der Waals surface area contributed by atoms with Crippen molar-refractivity contribution in [1.82, 2.24) is 0 Å². The van der Waals surface area contributed by atoms with E-state index < -0.39 is 0 Å². The van der Waals surface area contributed by atoms with Gasteiger partial charge in [0.05, 0.1) is 10.4 Å². The first-order valence-corrected chi connectivity index (χ1v) is 16.0. The Bertz CT molecular complexity index is 2150. The van der Waals surface area contributed by atoms with E-state index in [0.717, 1.165) is 34.1 Å². The molecule has 0 aliphatic rings. The molecule has 0 atom stereocenters. The first-order valence-electron chi connectivity index (χ1n) is 15.2. The van der Waals surface area contributed by atoms with Crippen LogP contribution in [0.4, 0.5) is 34.1 Å². The monoisotopic (exact) mass is 594 g/mol. The number of anilines is 6. The van der Waals surface area contributed by atoms with E-state index in [9.17, 15) is 0 Å². The summed E-state index contributed by atoms with van der Waals surface area (Å²) in [5.74, 6) is 0. The molecule has 7 aromatic carbocycles. The van der Waals surface area contributed by atoms with E-state index in [4.69, 9.17) is 0 Å². The van der Waals surface area contributed by atoms with Gasteiger partial charge in [-0.3, -0.25) is 0 Å². The summed E-state index contributed by atoms with van der Waals surface area (Å²) in [6.07, 6.45) is 0. The normalized spacial score (nSPS) is 11.1. The van der Waals surface area contributed by atoms with Gasteiger partial charge in [-0.2, -0.15) is 0 Å². The molecule has 0 saturated heterocycles. The summed E-state index contributed by atoms with van der Waals surface area (Å²) in [5, 5.41) is 2.52. The van der Waals surface area contributed by atoms with Gasteiger partial charge >= 0.3 is 0 Å². The van der Waals surface area contributed by atoms with Gasteiger partial charge in [0.1, 0.15) is 0 Å². The lowest BCUT2D eigenvalue weighted by Gasteiger charge is -2.30. The molecule has 0 saturated carbocycles. The van der Waals surface area contributed by atoms with Gasteiger partial charge in [-0.1, -0.05) is 115 Å². The third-order valence-electron chi connectivity index (χ3n) is 8.22. The van der Waals surface area contributed by atoms with Crippen molar-refractivity contribution in [2.24, 2.45) is 0 Å². The summed E-state index contributed by atoms with van der Waals surface area (Å²) in [5.41, 5.74) is 9.14. The fraction of sp³-hybridized carbons (Fsp3) is 0. The number of benzene rings is 7. The molecule has 1 aromatic heterocycles. The summed E-state index contributed by atoms with van der Waals surface area (Å²) >= 11 is 1.86. The predicted molar refractivity (Wildman–Crippen MR) is 194 cm³/mol. The molecule has 0 fully saturated rings. The van der Waals surface area contributed by atoms with E-state index in [1.165, 1.54) is 31.3 Å². The minimum atomic E-state index is 1.11. The number of para-hydroxylation sites is 3. The zero-order valence-electron chi connectivity index (χ0n) is 24.6. The second kappa shape index (κ2) is 11.8. The molecule has 0 aliphatic heterocycles. The van der Waals surface area contributed by atoms with Crippen molar-refractivity contribution >= 4 is 65.6 Å². The van der Waals surface area contributed by atoms with Crippen LogP contribution in [0.1, 0.15) is 0 Å². The maximum atomic E-state index is 2.41. The molecule has 0 spiro atoms. The molecule has 0 N–H and O–H groups in total. The van der Waals surface area contributed by atoms with Crippen molar-refractivity contribution in [3.05, 3.63) is 182 Å². The number of thiophene rings is 1. The third-order valence-corrected chi connectivity index (χ3v) is 9.43. The number of nitrogens with zero attached hydrogens (tertiary/aromatic N) is 2. The second-order valence-electron chi connectivity index (χ2n) is 11.0. The van der Waals surface area contributed by atoms with E-state index in [0.29, 0.717) is 0 Å².